The molecule has 1 aliphatic rings. The summed E-state index contributed by atoms with van der Waals surface area (Å²) in [6.07, 6.45) is 2.65. The molecule has 1 aliphatic heterocycles. The number of piperidine rings is 1. The summed E-state index contributed by atoms with van der Waals surface area (Å²) >= 11 is 1.41. The lowest BCUT2D eigenvalue weighted by Crippen LogP contribution is -2.48. The number of thiazole rings is 1. The maximum atomic E-state index is 12.6. The van der Waals surface area contributed by atoms with Crippen molar-refractivity contribution in [1.82, 2.24) is 14.8 Å². The normalized spacial score (nSPS) is 16.6. The quantitative estimate of drug-likeness (QED) is 0.565. The van der Waals surface area contributed by atoms with Crippen LogP contribution in [0.4, 0.5) is 4.79 Å². The van der Waals surface area contributed by atoms with Gasteiger partial charge in [-0.2, -0.15) is 0 Å². The molecular weight excluding hydrogens is 450 g/mol. The molecule has 2 aromatic rings. The SMILES string of the molecule is CCN(CC)C(=O)N1CCC[C@@H](C(=O)OCc2csc(-c3ccc(S(C)(=O)=O)cc3)n2)C1. The number of amides is 2. The van der Waals surface area contributed by atoms with E-state index in [9.17, 15) is 18.0 Å². The molecule has 32 heavy (non-hydrogen) atoms. The number of aromatic nitrogens is 1. The van der Waals surface area contributed by atoms with Crippen LogP contribution in [0.3, 0.4) is 0 Å². The fourth-order valence-electron chi connectivity index (χ4n) is 3.65. The van der Waals surface area contributed by atoms with E-state index in [-0.39, 0.29) is 29.4 Å². The van der Waals surface area contributed by atoms with E-state index in [0.29, 0.717) is 38.3 Å². The Kier molecular flexibility index (Phi) is 7.89. The van der Waals surface area contributed by atoms with Crippen LogP contribution in [0.2, 0.25) is 0 Å². The van der Waals surface area contributed by atoms with Gasteiger partial charge in [-0.1, -0.05) is 12.1 Å². The first-order valence-corrected chi connectivity index (χ1v) is 13.4. The van der Waals surface area contributed by atoms with Gasteiger partial charge in [0.05, 0.1) is 16.5 Å². The van der Waals surface area contributed by atoms with Crippen molar-refractivity contribution in [1.29, 1.82) is 0 Å². The highest BCUT2D eigenvalue weighted by molar-refractivity contribution is 7.90. The Morgan fingerprint density at radius 1 is 1.22 bits per heavy atom. The maximum absolute atomic E-state index is 12.6. The number of hydrogen-bond donors (Lipinski definition) is 0. The summed E-state index contributed by atoms with van der Waals surface area (Å²) in [5.74, 6) is -0.640. The number of ether oxygens (including phenoxy) is 1. The number of hydrogen-bond acceptors (Lipinski definition) is 7. The lowest BCUT2D eigenvalue weighted by Gasteiger charge is -2.35. The Labute approximate surface area is 193 Å². The fourth-order valence-corrected chi connectivity index (χ4v) is 5.09. The van der Waals surface area contributed by atoms with Crippen LogP contribution in [0.15, 0.2) is 34.5 Å². The van der Waals surface area contributed by atoms with Crippen LogP contribution in [0.5, 0.6) is 0 Å². The molecule has 2 heterocycles. The molecular formula is C22H29N3O5S2. The van der Waals surface area contributed by atoms with E-state index in [2.05, 4.69) is 4.98 Å². The summed E-state index contributed by atoms with van der Waals surface area (Å²) in [5, 5.41) is 2.55. The molecule has 1 fully saturated rings. The third-order valence-corrected chi connectivity index (χ3v) is 7.57. The first-order valence-electron chi connectivity index (χ1n) is 10.7. The van der Waals surface area contributed by atoms with Crippen LogP contribution >= 0.6 is 11.3 Å². The van der Waals surface area contributed by atoms with Crippen molar-refractivity contribution in [2.24, 2.45) is 5.92 Å². The molecule has 0 aliphatic carbocycles. The number of esters is 1. The van der Waals surface area contributed by atoms with E-state index in [4.69, 9.17) is 4.74 Å². The zero-order chi connectivity index (χ0) is 23.3. The second-order valence-electron chi connectivity index (χ2n) is 7.79. The zero-order valence-electron chi connectivity index (χ0n) is 18.6. The first kappa shape index (κ1) is 24.2. The van der Waals surface area contributed by atoms with Crippen molar-refractivity contribution in [3.63, 3.8) is 0 Å². The molecule has 0 N–H and O–H groups in total. The van der Waals surface area contributed by atoms with Gasteiger partial charge in [0.15, 0.2) is 9.84 Å². The van der Waals surface area contributed by atoms with Crippen LogP contribution in [0, 0.1) is 5.92 Å². The van der Waals surface area contributed by atoms with Crippen LogP contribution in [0.1, 0.15) is 32.4 Å². The van der Waals surface area contributed by atoms with Gasteiger partial charge in [0.1, 0.15) is 11.6 Å². The van der Waals surface area contributed by atoms with Crippen molar-refractivity contribution in [3.05, 3.63) is 35.3 Å². The van der Waals surface area contributed by atoms with Crippen molar-refractivity contribution < 1.29 is 22.7 Å². The molecule has 0 saturated carbocycles. The summed E-state index contributed by atoms with van der Waals surface area (Å²) in [7, 11) is -3.24. The molecule has 0 radical (unpaired) electrons. The van der Waals surface area contributed by atoms with Crippen LogP contribution in [-0.2, 0) is 26.0 Å². The molecule has 0 bridgehead atoms. The molecule has 0 unspecified atom stereocenters. The highest BCUT2D eigenvalue weighted by Gasteiger charge is 2.31. The van der Waals surface area contributed by atoms with Crippen molar-refractivity contribution in [3.8, 4) is 10.6 Å². The average Bonchev–Trinajstić information content (AvgIpc) is 3.27. The molecule has 0 spiro atoms. The van der Waals surface area contributed by atoms with Crippen molar-refractivity contribution in [2.75, 3.05) is 32.4 Å². The van der Waals surface area contributed by atoms with E-state index < -0.39 is 9.84 Å². The molecule has 8 nitrogen and oxygen atoms in total. The predicted octanol–water partition coefficient (Wildman–Crippen LogP) is 3.43. The Balaban J connectivity index is 1.56. The Bertz CT molecular complexity index is 1050. The summed E-state index contributed by atoms with van der Waals surface area (Å²) in [4.78, 5) is 33.4. The van der Waals surface area contributed by atoms with Gasteiger partial charge in [0, 0.05) is 43.4 Å². The maximum Gasteiger partial charge on any atom is 0.320 e. The van der Waals surface area contributed by atoms with Gasteiger partial charge < -0.3 is 14.5 Å². The van der Waals surface area contributed by atoms with Crippen molar-refractivity contribution >= 4 is 33.2 Å². The number of sulfone groups is 1. The molecule has 10 heteroatoms. The number of nitrogens with zero attached hydrogens (tertiary/aromatic N) is 3. The molecule has 1 saturated heterocycles. The number of carbonyl (C=O) groups is 2. The highest BCUT2D eigenvalue weighted by atomic mass is 32.2. The van der Waals surface area contributed by atoms with E-state index in [1.807, 2.05) is 19.2 Å². The zero-order valence-corrected chi connectivity index (χ0v) is 20.2. The Hall–Kier alpha value is -2.46. The standard InChI is InChI=1S/C22H29N3O5S2/c1-4-24(5-2)22(27)25-12-6-7-17(13-25)21(26)30-14-18-15-31-20(23-18)16-8-10-19(11-9-16)32(3,28)29/h8-11,15,17H,4-7,12-14H2,1-3H3/t17-/m1/s1. The summed E-state index contributed by atoms with van der Waals surface area (Å²) < 4.78 is 28.7. The number of urea groups is 1. The van der Waals surface area contributed by atoms with Gasteiger partial charge >= 0.3 is 12.0 Å². The van der Waals surface area contributed by atoms with Crippen LogP contribution in [0.25, 0.3) is 10.6 Å². The summed E-state index contributed by atoms with van der Waals surface area (Å²) in [6.45, 7) is 6.28. The van der Waals surface area contributed by atoms with Gasteiger partial charge in [0.25, 0.3) is 0 Å². The van der Waals surface area contributed by atoms with E-state index in [1.165, 1.54) is 17.6 Å². The van der Waals surface area contributed by atoms with E-state index >= 15 is 0 Å². The highest BCUT2D eigenvalue weighted by Crippen LogP contribution is 2.26. The first-order chi connectivity index (χ1) is 15.2. The van der Waals surface area contributed by atoms with E-state index in [0.717, 1.165) is 17.0 Å². The smallest absolute Gasteiger partial charge is 0.320 e. The molecule has 1 atom stereocenters. The number of benzene rings is 1. The van der Waals surface area contributed by atoms with Gasteiger partial charge in [0.2, 0.25) is 0 Å². The third kappa shape index (κ3) is 5.86. The molecule has 174 valence electrons. The molecule has 1 aromatic heterocycles. The Morgan fingerprint density at radius 2 is 1.91 bits per heavy atom. The largest absolute Gasteiger partial charge is 0.459 e. The van der Waals surface area contributed by atoms with E-state index in [1.54, 1.807) is 34.1 Å². The average molecular weight is 480 g/mol. The van der Waals surface area contributed by atoms with Gasteiger partial charge in [-0.25, -0.2) is 18.2 Å². The number of rotatable bonds is 7. The minimum atomic E-state index is -3.24. The number of carbonyl (C=O) groups excluding carboxylic acids is 2. The van der Waals surface area contributed by atoms with Gasteiger partial charge in [-0.05, 0) is 38.8 Å². The van der Waals surface area contributed by atoms with Gasteiger partial charge in [-0.3, -0.25) is 4.79 Å². The minimum absolute atomic E-state index is 0.0291. The fraction of sp³-hybridized carbons (Fsp3) is 0.500. The van der Waals surface area contributed by atoms with Crippen LogP contribution in [-0.4, -0.2) is 67.6 Å². The lowest BCUT2D eigenvalue weighted by molar-refractivity contribution is -0.151. The molecule has 2 amide bonds. The lowest BCUT2D eigenvalue weighted by atomic mass is 9.98. The van der Waals surface area contributed by atoms with Crippen molar-refractivity contribution in [2.45, 2.75) is 38.2 Å². The molecule has 3 rings (SSSR count). The number of likely N-dealkylation sites (tertiary alicyclic amines) is 1. The van der Waals surface area contributed by atoms with Crippen LogP contribution < -0.4 is 0 Å². The second-order valence-corrected chi connectivity index (χ2v) is 10.7. The second kappa shape index (κ2) is 10.4. The monoisotopic (exact) mass is 479 g/mol. The Morgan fingerprint density at radius 3 is 2.53 bits per heavy atom. The minimum Gasteiger partial charge on any atom is -0.459 e. The summed E-state index contributed by atoms with van der Waals surface area (Å²) in [5.41, 5.74) is 1.44. The topological polar surface area (TPSA) is 96.9 Å². The third-order valence-electron chi connectivity index (χ3n) is 5.50. The molecule has 1 aromatic carbocycles. The summed E-state index contributed by atoms with van der Waals surface area (Å²) in [6, 6.07) is 6.52. The van der Waals surface area contributed by atoms with Gasteiger partial charge in [-0.15, -0.1) is 11.3 Å². The predicted molar refractivity (Wildman–Crippen MR) is 123 cm³/mol.